The summed E-state index contributed by atoms with van der Waals surface area (Å²) >= 11 is 0. The van der Waals surface area contributed by atoms with Crippen molar-refractivity contribution in [3.05, 3.63) is 65.7 Å². The summed E-state index contributed by atoms with van der Waals surface area (Å²) in [7, 11) is 0. The first kappa shape index (κ1) is 21.1. The molecule has 1 saturated heterocycles. The Balaban J connectivity index is 1.35. The molecule has 162 valence electrons. The summed E-state index contributed by atoms with van der Waals surface area (Å²) in [6.45, 7) is 0.985. The maximum absolute atomic E-state index is 12.9. The third-order valence-electron chi connectivity index (χ3n) is 6.27. The summed E-state index contributed by atoms with van der Waals surface area (Å²) in [5, 5.41) is 5.82. The Morgan fingerprint density at radius 1 is 0.968 bits per heavy atom. The number of carbonyl (C=O) groups excluding carboxylic acids is 3. The summed E-state index contributed by atoms with van der Waals surface area (Å²) in [6.07, 6.45) is 5.35. The molecule has 6 nitrogen and oxygen atoms in total. The van der Waals surface area contributed by atoms with Crippen LogP contribution in [-0.4, -0.2) is 41.8 Å². The first-order valence-corrected chi connectivity index (χ1v) is 11.1. The first-order chi connectivity index (χ1) is 15.1. The minimum Gasteiger partial charge on any atom is -0.352 e. The van der Waals surface area contributed by atoms with Crippen molar-refractivity contribution in [1.29, 1.82) is 0 Å². The lowest BCUT2D eigenvalue weighted by Crippen LogP contribution is -2.35. The van der Waals surface area contributed by atoms with Crippen LogP contribution in [0, 0.1) is 5.92 Å². The van der Waals surface area contributed by atoms with E-state index in [-0.39, 0.29) is 36.1 Å². The fourth-order valence-corrected chi connectivity index (χ4v) is 4.56. The summed E-state index contributed by atoms with van der Waals surface area (Å²) in [5.41, 5.74) is 2.07. The second kappa shape index (κ2) is 9.77. The van der Waals surface area contributed by atoms with E-state index in [4.69, 9.17) is 0 Å². The smallest absolute Gasteiger partial charge is 0.253 e. The number of nitrogens with zero attached hydrogens (tertiary/aromatic N) is 1. The van der Waals surface area contributed by atoms with E-state index in [9.17, 15) is 14.4 Å². The van der Waals surface area contributed by atoms with Crippen LogP contribution in [-0.2, 0) is 16.0 Å². The zero-order valence-electron chi connectivity index (χ0n) is 17.7. The Kier molecular flexibility index (Phi) is 6.65. The van der Waals surface area contributed by atoms with Crippen LogP contribution >= 0.6 is 0 Å². The number of nitrogens with one attached hydrogen (secondary N) is 2. The Bertz CT molecular complexity index is 938. The van der Waals surface area contributed by atoms with E-state index in [0.717, 1.165) is 37.7 Å². The predicted octanol–water partition coefficient (Wildman–Crippen LogP) is 3.39. The molecule has 6 heteroatoms. The van der Waals surface area contributed by atoms with Gasteiger partial charge >= 0.3 is 0 Å². The molecule has 1 saturated carbocycles. The number of likely N-dealkylation sites (tertiary alicyclic amines) is 1. The fraction of sp³-hybridized carbons (Fsp3) is 0.400. The van der Waals surface area contributed by atoms with Crippen molar-refractivity contribution in [2.75, 3.05) is 18.4 Å². The molecular weight excluding hydrogens is 390 g/mol. The van der Waals surface area contributed by atoms with Crippen LogP contribution < -0.4 is 10.6 Å². The van der Waals surface area contributed by atoms with Crippen LogP contribution in [0.4, 0.5) is 5.69 Å². The maximum atomic E-state index is 12.9. The van der Waals surface area contributed by atoms with E-state index >= 15 is 0 Å². The van der Waals surface area contributed by atoms with E-state index in [1.54, 1.807) is 24.3 Å². The fourth-order valence-electron chi connectivity index (χ4n) is 4.56. The Morgan fingerprint density at radius 3 is 2.45 bits per heavy atom. The number of rotatable bonds is 7. The van der Waals surface area contributed by atoms with Gasteiger partial charge in [-0.1, -0.05) is 55.3 Å². The molecule has 2 aliphatic rings. The van der Waals surface area contributed by atoms with E-state index in [2.05, 4.69) is 10.6 Å². The lowest BCUT2D eigenvalue weighted by Gasteiger charge is -2.24. The molecule has 2 N–H and O–H groups in total. The van der Waals surface area contributed by atoms with Crippen molar-refractivity contribution in [2.45, 2.75) is 44.6 Å². The number of hydrogen-bond acceptors (Lipinski definition) is 3. The molecule has 0 spiro atoms. The highest BCUT2D eigenvalue weighted by Gasteiger charge is 2.38. The van der Waals surface area contributed by atoms with Crippen LogP contribution in [0.25, 0.3) is 0 Å². The van der Waals surface area contributed by atoms with Crippen molar-refractivity contribution < 1.29 is 14.4 Å². The number of amides is 3. The predicted molar refractivity (Wildman–Crippen MR) is 120 cm³/mol. The molecular formula is C25H29N3O3. The van der Waals surface area contributed by atoms with Gasteiger partial charge in [0.2, 0.25) is 11.8 Å². The standard InChI is InChI=1S/C25H29N3O3/c29-23-16-19(17-28(23)20-10-4-5-11-20)24(30)27-22-13-7-6-12-21(22)25(31)26-15-14-18-8-2-1-3-9-18/h1-3,6-9,12-13,19-20H,4-5,10-11,14-17H2,(H,26,31)(H,27,30). The second-order valence-corrected chi connectivity index (χ2v) is 8.41. The molecule has 4 rings (SSSR count). The molecule has 1 heterocycles. The quantitative estimate of drug-likeness (QED) is 0.722. The number of benzene rings is 2. The summed E-state index contributed by atoms with van der Waals surface area (Å²) in [5.74, 6) is -0.721. The molecule has 2 fully saturated rings. The van der Waals surface area contributed by atoms with Gasteiger partial charge in [0.1, 0.15) is 0 Å². The third-order valence-corrected chi connectivity index (χ3v) is 6.27. The van der Waals surface area contributed by atoms with E-state index in [1.807, 2.05) is 35.2 Å². The van der Waals surface area contributed by atoms with Crippen molar-refractivity contribution >= 4 is 23.4 Å². The zero-order chi connectivity index (χ0) is 21.6. The molecule has 3 amide bonds. The number of hydrogen-bond donors (Lipinski definition) is 2. The van der Waals surface area contributed by atoms with Gasteiger partial charge in [-0.25, -0.2) is 0 Å². The Morgan fingerprint density at radius 2 is 1.68 bits per heavy atom. The minimum absolute atomic E-state index is 0.0685. The van der Waals surface area contributed by atoms with E-state index < -0.39 is 0 Å². The van der Waals surface area contributed by atoms with Gasteiger partial charge in [0.15, 0.2) is 0 Å². The van der Waals surface area contributed by atoms with Crippen LogP contribution in [0.2, 0.25) is 0 Å². The van der Waals surface area contributed by atoms with Crippen molar-refractivity contribution in [3.8, 4) is 0 Å². The lowest BCUT2D eigenvalue weighted by molar-refractivity contribution is -0.129. The number of para-hydroxylation sites is 1. The van der Waals surface area contributed by atoms with Gasteiger partial charge < -0.3 is 15.5 Å². The van der Waals surface area contributed by atoms with Crippen LogP contribution in [0.15, 0.2) is 54.6 Å². The van der Waals surface area contributed by atoms with Gasteiger partial charge in [0.05, 0.1) is 17.2 Å². The molecule has 2 aromatic rings. The molecule has 31 heavy (non-hydrogen) atoms. The Hall–Kier alpha value is -3.15. The highest BCUT2D eigenvalue weighted by atomic mass is 16.2. The van der Waals surface area contributed by atoms with Gasteiger partial charge in [-0.2, -0.15) is 0 Å². The summed E-state index contributed by atoms with van der Waals surface area (Å²) < 4.78 is 0. The van der Waals surface area contributed by atoms with Crippen LogP contribution in [0.1, 0.15) is 48.0 Å². The monoisotopic (exact) mass is 419 g/mol. The maximum Gasteiger partial charge on any atom is 0.253 e. The molecule has 1 aliphatic heterocycles. The topological polar surface area (TPSA) is 78.5 Å². The van der Waals surface area contributed by atoms with Crippen LogP contribution in [0.3, 0.4) is 0 Å². The van der Waals surface area contributed by atoms with Crippen molar-refractivity contribution in [1.82, 2.24) is 10.2 Å². The summed E-state index contributed by atoms with van der Waals surface area (Å²) in [6, 6.07) is 17.3. The highest BCUT2D eigenvalue weighted by molar-refractivity contribution is 6.05. The molecule has 0 bridgehead atoms. The third kappa shape index (κ3) is 5.13. The second-order valence-electron chi connectivity index (χ2n) is 8.41. The molecule has 0 aromatic heterocycles. The number of carbonyl (C=O) groups is 3. The Labute approximate surface area is 183 Å². The molecule has 2 aromatic carbocycles. The number of anilines is 1. The van der Waals surface area contributed by atoms with Gasteiger partial charge in [-0.3, -0.25) is 14.4 Å². The van der Waals surface area contributed by atoms with E-state index in [0.29, 0.717) is 24.3 Å². The average molecular weight is 420 g/mol. The van der Waals surface area contributed by atoms with Gasteiger partial charge in [-0.05, 0) is 37.0 Å². The molecule has 1 atom stereocenters. The lowest BCUT2D eigenvalue weighted by atomic mass is 10.1. The molecule has 1 unspecified atom stereocenters. The minimum atomic E-state index is -0.373. The van der Waals surface area contributed by atoms with Gasteiger partial charge in [-0.15, -0.1) is 0 Å². The van der Waals surface area contributed by atoms with Crippen molar-refractivity contribution in [2.24, 2.45) is 5.92 Å². The SMILES string of the molecule is O=C(NCCc1ccccc1)c1ccccc1NC(=O)C1CC(=O)N(C2CCCC2)C1. The largest absolute Gasteiger partial charge is 0.352 e. The zero-order valence-corrected chi connectivity index (χ0v) is 17.7. The normalized spacial score (nSPS) is 18.9. The highest BCUT2D eigenvalue weighted by Crippen LogP contribution is 2.30. The molecule has 0 radical (unpaired) electrons. The van der Waals surface area contributed by atoms with Gasteiger partial charge in [0, 0.05) is 25.6 Å². The van der Waals surface area contributed by atoms with E-state index in [1.165, 1.54) is 0 Å². The van der Waals surface area contributed by atoms with Gasteiger partial charge in [0.25, 0.3) is 5.91 Å². The summed E-state index contributed by atoms with van der Waals surface area (Å²) in [4.78, 5) is 39.9. The molecule has 1 aliphatic carbocycles. The average Bonchev–Trinajstić information content (AvgIpc) is 3.44. The van der Waals surface area contributed by atoms with Crippen molar-refractivity contribution in [3.63, 3.8) is 0 Å². The first-order valence-electron chi connectivity index (χ1n) is 11.1. The van der Waals surface area contributed by atoms with Crippen LogP contribution in [0.5, 0.6) is 0 Å².